The lowest BCUT2D eigenvalue weighted by molar-refractivity contribution is -0.193. The number of nitrogens with zero attached hydrogens (tertiary/aromatic N) is 5. The Bertz CT molecular complexity index is 1410. The van der Waals surface area contributed by atoms with Crippen LogP contribution in [-0.4, -0.2) is 78.9 Å². The Morgan fingerprint density at radius 2 is 1.68 bits per heavy atom. The number of pyridine rings is 2. The monoisotopic (exact) mass is 605 g/mol. The second-order valence-corrected chi connectivity index (χ2v) is 9.28. The second kappa shape index (κ2) is 13.5. The predicted octanol–water partition coefficient (Wildman–Crippen LogP) is 4.69. The summed E-state index contributed by atoms with van der Waals surface area (Å²) in [7, 11) is 0. The molecule has 5 rings (SSSR count). The van der Waals surface area contributed by atoms with E-state index in [4.69, 9.17) is 24.5 Å². The fourth-order valence-corrected chi connectivity index (χ4v) is 4.23. The zero-order valence-electron chi connectivity index (χ0n) is 20.7. The summed E-state index contributed by atoms with van der Waals surface area (Å²) >= 11 is 1.80. The molecule has 2 N–H and O–H groups in total. The highest BCUT2D eigenvalue weighted by Gasteiger charge is 2.38. The Hall–Kier alpha value is -4.09. The van der Waals surface area contributed by atoms with Crippen LogP contribution in [0.3, 0.4) is 0 Å². The van der Waals surface area contributed by atoms with Gasteiger partial charge in [0.2, 0.25) is 0 Å². The minimum Gasteiger partial charge on any atom is -0.475 e. The molecule has 4 aromatic rings. The number of fused-ring (bicyclic) bond motifs is 1. The number of alkyl halides is 6. The second-order valence-electron chi connectivity index (χ2n) is 8.24. The molecule has 1 aliphatic heterocycles. The first-order valence-electron chi connectivity index (χ1n) is 11.5. The van der Waals surface area contributed by atoms with Crippen molar-refractivity contribution in [3.05, 3.63) is 70.9 Å². The van der Waals surface area contributed by atoms with Gasteiger partial charge in [0.05, 0.1) is 12.1 Å². The lowest BCUT2D eigenvalue weighted by Crippen LogP contribution is -2.37. The summed E-state index contributed by atoms with van der Waals surface area (Å²) in [6, 6.07) is 12.4. The molecule has 0 bridgehead atoms. The largest absolute Gasteiger partial charge is 0.490 e. The lowest BCUT2D eigenvalue weighted by Gasteiger charge is -2.31. The van der Waals surface area contributed by atoms with E-state index >= 15 is 0 Å². The van der Waals surface area contributed by atoms with Gasteiger partial charge in [0.1, 0.15) is 11.8 Å². The maximum atomic E-state index is 10.6. The highest BCUT2D eigenvalue weighted by Crippen LogP contribution is 2.27. The fraction of sp³-hybridized carbons (Fsp3) is 0.292. The normalized spacial score (nSPS) is 15.8. The van der Waals surface area contributed by atoms with Crippen molar-refractivity contribution in [2.45, 2.75) is 25.0 Å². The summed E-state index contributed by atoms with van der Waals surface area (Å²) in [6.45, 7) is 3.44. The van der Waals surface area contributed by atoms with Crippen LogP contribution in [0.25, 0.3) is 16.6 Å². The molecule has 4 aromatic heterocycles. The average molecular weight is 606 g/mol. The molecule has 0 aliphatic carbocycles. The van der Waals surface area contributed by atoms with Gasteiger partial charge < -0.3 is 14.9 Å². The van der Waals surface area contributed by atoms with Crippen molar-refractivity contribution in [3.8, 4) is 11.1 Å². The third-order valence-electron chi connectivity index (χ3n) is 5.34. The van der Waals surface area contributed by atoms with Crippen molar-refractivity contribution in [1.29, 1.82) is 0 Å². The van der Waals surface area contributed by atoms with E-state index in [0.29, 0.717) is 6.61 Å². The Balaban J connectivity index is 0.000000276. The average Bonchev–Trinajstić information content (AvgIpc) is 3.58. The summed E-state index contributed by atoms with van der Waals surface area (Å²) in [5.41, 5.74) is 4.03. The van der Waals surface area contributed by atoms with E-state index in [1.165, 1.54) is 4.88 Å². The molecule has 1 aliphatic rings. The SMILES string of the molecule is O=C(O)C(F)(F)F.O=C(O)C(F)(F)F.c1cncc(-c2ccc3c(C4CN(Cc5cccs5)CCO4)nnn3c2)c1. The number of aliphatic carboxylic acids is 2. The molecule has 0 radical (unpaired) electrons. The highest BCUT2D eigenvalue weighted by atomic mass is 32.1. The van der Waals surface area contributed by atoms with E-state index in [1.807, 2.05) is 29.0 Å². The minimum atomic E-state index is -5.08. The molecule has 5 heterocycles. The number of rotatable bonds is 4. The highest BCUT2D eigenvalue weighted by molar-refractivity contribution is 7.09. The third kappa shape index (κ3) is 9.22. The minimum absolute atomic E-state index is 0.0551. The third-order valence-corrected chi connectivity index (χ3v) is 6.20. The van der Waals surface area contributed by atoms with Gasteiger partial charge in [-0.25, -0.2) is 14.1 Å². The van der Waals surface area contributed by atoms with Gasteiger partial charge in [0, 0.05) is 54.2 Å². The number of hydrogen-bond donors (Lipinski definition) is 2. The molecule has 0 aromatic carbocycles. The fourth-order valence-electron chi connectivity index (χ4n) is 3.48. The molecule has 0 amide bonds. The van der Waals surface area contributed by atoms with Crippen LogP contribution >= 0.6 is 11.3 Å². The maximum Gasteiger partial charge on any atom is 0.490 e. The van der Waals surface area contributed by atoms with Crippen LogP contribution in [0.2, 0.25) is 0 Å². The zero-order valence-corrected chi connectivity index (χ0v) is 21.5. The van der Waals surface area contributed by atoms with Crippen LogP contribution in [0.15, 0.2) is 60.4 Å². The molecule has 41 heavy (non-hydrogen) atoms. The molecule has 1 unspecified atom stereocenters. The van der Waals surface area contributed by atoms with Gasteiger partial charge in [-0.3, -0.25) is 9.88 Å². The van der Waals surface area contributed by atoms with Gasteiger partial charge in [-0.05, 0) is 23.6 Å². The number of thiophene rings is 1. The number of hydrogen-bond acceptors (Lipinski definition) is 8. The van der Waals surface area contributed by atoms with Crippen molar-refractivity contribution in [2.75, 3.05) is 19.7 Å². The maximum absolute atomic E-state index is 10.6. The van der Waals surface area contributed by atoms with E-state index in [2.05, 4.69) is 49.8 Å². The Labute approximate surface area is 231 Å². The number of carbonyl (C=O) groups is 2. The van der Waals surface area contributed by atoms with Crippen molar-refractivity contribution < 1.29 is 50.9 Å². The first kappa shape index (κ1) is 31.4. The van der Waals surface area contributed by atoms with Crippen LogP contribution in [0.5, 0.6) is 0 Å². The Kier molecular flexibility index (Phi) is 10.4. The number of ether oxygens (including phenoxy) is 1. The van der Waals surface area contributed by atoms with Crippen molar-refractivity contribution in [3.63, 3.8) is 0 Å². The molecule has 1 saturated heterocycles. The van der Waals surface area contributed by atoms with Gasteiger partial charge in [-0.2, -0.15) is 26.3 Å². The van der Waals surface area contributed by atoms with E-state index in [9.17, 15) is 26.3 Å². The number of carboxylic acid groups (broad SMARTS) is 2. The molecule has 220 valence electrons. The number of aromatic nitrogens is 4. The van der Waals surface area contributed by atoms with E-state index in [-0.39, 0.29) is 6.10 Å². The first-order valence-corrected chi connectivity index (χ1v) is 12.4. The van der Waals surface area contributed by atoms with Gasteiger partial charge in [-0.15, -0.1) is 16.4 Å². The predicted molar refractivity (Wildman–Crippen MR) is 132 cm³/mol. The molecule has 0 saturated carbocycles. The van der Waals surface area contributed by atoms with Crippen LogP contribution in [0.1, 0.15) is 16.7 Å². The molecular formula is C24H21F6N5O5S. The van der Waals surface area contributed by atoms with E-state index < -0.39 is 24.3 Å². The molecule has 1 fully saturated rings. The Morgan fingerprint density at radius 1 is 1.00 bits per heavy atom. The van der Waals surface area contributed by atoms with E-state index in [1.54, 1.807) is 17.5 Å². The molecule has 1 atom stereocenters. The molecule has 10 nitrogen and oxygen atoms in total. The van der Waals surface area contributed by atoms with Crippen molar-refractivity contribution in [2.24, 2.45) is 0 Å². The van der Waals surface area contributed by atoms with Gasteiger partial charge in [0.25, 0.3) is 0 Å². The topological polar surface area (TPSA) is 130 Å². The summed E-state index contributed by atoms with van der Waals surface area (Å²) in [6.07, 6.45) is -4.60. The van der Waals surface area contributed by atoms with Crippen molar-refractivity contribution >= 4 is 28.8 Å². The quantitative estimate of drug-likeness (QED) is 0.318. The van der Waals surface area contributed by atoms with Gasteiger partial charge >= 0.3 is 24.3 Å². The number of halogens is 6. The first-order chi connectivity index (χ1) is 19.3. The summed E-state index contributed by atoms with van der Waals surface area (Å²) < 4.78 is 71.3. The van der Waals surface area contributed by atoms with Gasteiger partial charge in [0.15, 0.2) is 0 Å². The smallest absolute Gasteiger partial charge is 0.475 e. The molecular weight excluding hydrogens is 584 g/mol. The van der Waals surface area contributed by atoms with Crippen LogP contribution in [0, 0.1) is 0 Å². The van der Waals surface area contributed by atoms with Gasteiger partial charge in [-0.1, -0.05) is 23.4 Å². The molecule has 0 spiro atoms. The van der Waals surface area contributed by atoms with E-state index in [0.717, 1.165) is 42.0 Å². The summed E-state index contributed by atoms with van der Waals surface area (Å²) in [5.74, 6) is -5.51. The van der Waals surface area contributed by atoms with Crippen molar-refractivity contribution in [1.82, 2.24) is 24.7 Å². The standard InChI is InChI=1S/C20H19N5OS.2C2HF3O2/c1-3-15(11-21-7-1)16-5-6-18-20(22-23-25(18)12-16)19-14-24(8-9-26-19)13-17-4-2-10-27-17;2*3-2(4,5)1(6)7/h1-7,10-12,19H,8-9,13-14H2;2*(H,6,7). The number of carboxylic acids is 2. The zero-order chi connectivity index (χ0) is 30.2. The van der Waals surface area contributed by atoms with Crippen LogP contribution in [0.4, 0.5) is 26.3 Å². The van der Waals surface area contributed by atoms with Crippen LogP contribution in [-0.2, 0) is 20.9 Å². The lowest BCUT2D eigenvalue weighted by atomic mass is 10.1. The number of morpholine rings is 1. The van der Waals surface area contributed by atoms with Crippen LogP contribution < -0.4 is 0 Å². The summed E-state index contributed by atoms with van der Waals surface area (Å²) in [5, 5.41) is 25.1. The summed E-state index contributed by atoms with van der Waals surface area (Å²) in [4.78, 5) is 25.8. The molecule has 17 heteroatoms. The Morgan fingerprint density at radius 3 is 2.24 bits per heavy atom.